The van der Waals surface area contributed by atoms with Crippen LogP contribution in [0.3, 0.4) is 0 Å². The second kappa shape index (κ2) is 6.30. The smallest absolute Gasteiger partial charge is 0.225 e. The number of piperidine rings is 1. The molecular weight excluding hydrogens is 260 g/mol. The van der Waals surface area contributed by atoms with E-state index in [1.807, 2.05) is 6.20 Å². The highest BCUT2D eigenvalue weighted by Crippen LogP contribution is 2.46. The minimum Gasteiger partial charge on any atom is -0.341 e. The molecule has 0 bridgehead atoms. The number of aryl methyl sites for hydroxylation is 1. The van der Waals surface area contributed by atoms with Gasteiger partial charge in [-0.2, -0.15) is 0 Å². The zero-order chi connectivity index (χ0) is 14.7. The zero-order valence-corrected chi connectivity index (χ0v) is 13.5. The number of rotatable bonds is 4. The summed E-state index contributed by atoms with van der Waals surface area (Å²) in [6.07, 6.45) is 10.4. The van der Waals surface area contributed by atoms with Crippen molar-refractivity contribution in [2.24, 2.45) is 5.41 Å². The molecule has 0 radical (unpaired) electrons. The Morgan fingerprint density at radius 2 is 1.90 bits per heavy atom. The van der Waals surface area contributed by atoms with E-state index in [1.54, 1.807) is 0 Å². The lowest BCUT2D eigenvalue weighted by Gasteiger charge is -2.39. The average molecular weight is 288 g/mol. The highest BCUT2D eigenvalue weighted by Gasteiger charge is 2.37. The predicted octanol–water partition coefficient (Wildman–Crippen LogP) is 3.06. The molecule has 1 N–H and O–H groups in total. The van der Waals surface area contributed by atoms with Gasteiger partial charge in [-0.15, -0.1) is 0 Å². The van der Waals surface area contributed by atoms with E-state index >= 15 is 0 Å². The normalized spacial score (nSPS) is 21.1. The van der Waals surface area contributed by atoms with E-state index in [1.165, 1.54) is 44.1 Å². The molecule has 116 valence electrons. The van der Waals surface area contributed by atoms with Crippen molar-refractivity contribution in [2.75, 3.05) is 24.5 Å². The molecule has 0 unspecified atom stereocenters. The maximum absolute atomic E-state index is 4.74. The molecule has 0 atom stereocenters. The largest absolute Gasteiger partial charge is 0.341 e. The molecule has 2 fully saturated rings. The van der Waals surface area contributed by atoms with E-state index in [0.29, 0.717) is 5.41 Å². The van der Waals surface area contributed by atoms with Crippen LogP contribution in [-0.4, -0.2) is 29.6 Å². The maximum atomic E-state index is 4.74. The van der Waals surface area contributed by atoms with Gasteiger partial charge in [0.25, 0.3) is 0 Å². The fourth-order valence-corrected chi connectivity index (χ4v) is 3.87. The Morgan fingerprint density at radius 3 is 2.52 bits per heavy atom. The van der Waals surface area contributed by atoms with Crippen LogP contribution in [0.2, 0.25) is 0 Å². The first-order chi connectivity index (χ1) is 10.2. The molecule has 4 nitrogen and oxygen atoms in total. The summed E-state index contributed by atoms with van der Waals surface area (Å²) >= 11 is 0. The topological polar surface area (TPSA) is 41.1 Å². The number of nitrogens with one attached hydrogen (secondary N) is 1. The predicted molar refractivity (Wildman–Crippen MR) is 86.5 cm³/mol. The zero-order valence-electron chi connectivity index (χ0n) is 13.5. The lowest BCUT2D eigenvalue weighted by Crippen LogP contribution is -2.39. The van der Waals surface area contributed by atoms with Crippen molar-refractivity contribution in [1.82, 2.24) is 15.3 Å². The van der Waals surface area contributed by atoms with Gasteiger partial charge in [-0.1, -0.05) is 19.8 Å². The quantitative estimate of drug-likeness (QED) is 0.924. The molecule has 1 aromatic heterocycles. The van der Waals surface area contributed by atoms with E-state index in [9.17, 15) is 0 Å². The first-order valence-corrected chi connectivity index (χ1v) is 8.51. The first kappa shape index (κ1) is 14.8. The molecule has 0 aromatic carbocycles. The number of anilines is 1. The van der Waals surface area contributed by atoms with Gasteiger partial charge in [0.15, 0.2) is 0 Å². The number of hydrogen-bond donors (Lipinski definition) is 1. The molecule has 4 heteroatoms. The molecule has 2 heterocycles. The molecular formula is C17H28N4. The van der Waals surface area contributed by atoms with Gasteiger partial charge in [0.1, 0.15) is 0 Å². The molecule has 2 aliphatic rings. The van der Waals surface area contributed by atoms with Crippen molar-refractivity contribution in [1.29, 1.82) is 0 Å². The Kier molecular flexibility index (Phi) is 4.43. The first-order valence-electron chi connectivity index (χ1n) is 8.51. The van der Waals surface area contributed by atoms with E-state index in [2.05, 4.69) is 29.0 Å². The highest BCUT2D eigenvalue weighted by molar-refractivity contribution is 5.33. The fraction of sp³-hybridized carbons (Fsp3) is 0.765. The average Bonchev–Trinajstić information content (AvgIpc) is 2.95. The minimum atomic E-state index is 0.663. The summed E-state index contributed by atoms with van der Waals surface area (Å²) in [6, 6.07) is 0. The van der Waals surface area contributed by atoms with Crippen LogP contribution in [0.5, 0.6) is 0 Å². The third kappa shape index (κ3) is 3.20. The van der Waals surface area contributed by atoms with Crippen LogP contribution in [0.1, 0.15) is 56.7 Å². The van der Waals surface area contributed by atoms with Gasteiger partial charge >= 0.3 is 0 Å². The van der Waals surface area contributed by atoms with Crippen molar-refractivity contribution in [3.05, 3.63) is 17.5 Å². The number of nitrogens with zero attached hydrogens (tertiary/aromatic N) is 3. The number of hydrogen-bond acceptors (Lipinski definition) is 4. The Morgan fingerprint density at radius 1 is 1.19 bits per heavy atom. The fourth-order valence-electron chi connectivity index (χ4n) is 3.87. The molecule has 3 rings (SSSR count). The summed E-state index contributed by atoms with van der Waals surface area (Å²) in [4.78, 5) is 11.7. The van der Waals surface area contributed by atoms with E-state index < -0.39 is 0 Å². The van der Waals surface area contributed by atoms with Crippen molar-refractivity contribution < 1.29 is 0 Å². The Balaban J connectivity index is 1.63. The lowest BCUT2D eigenvalue weighted by molar-refractivity contribution is 0.225. The van der Waals surface area contributed by atoms with Gasteiger partial charge in [-0.05, 0) is 44.6 Å². The minimum absolute atomic E-state index is 0.663. The maximum Gasteiger partial charge on any atom is 0.225 e. The summed E-state index contributed by atoms with van der Waals surface area (Å²) in [6.45, 7) is 8.33. The standard InChI is InChI=1S/C17H28N4/c1-3-18-12-15-13-19-16(20-14(15)2)21-10-8-17(9-11-21)6-4-5-7-17/h13,18H,3-12H2,1-2H3. The van der Waals surface area contributed by atoms with Gasteiger partial charge in [0.05, 0.1) is 0 Å². The van der Waals surface area contributed by atoms with Gasteiger partial charge in [0.2, 0.25) is 5.95 Å². The van der Waals surface area contributed by atoms with E-state index in [-0.39, 0.29) is 0 Å². The lowest BCUT2D eigenvalue weighted by atomic mass is 9.77. The molecule has 1 saturated heterocycles. The van der Waals surface area contributed by atoms with Gasteiger partial charge in [-0.25, -0.2) is 9.97 Å². The van der Waals surface area contributed by atoms with Gasteiger partial charge in [0, 0.05) is 37.1 Å². The second-order valence-electron chi connectivity index (χ2n) is 6.76. The van der Waals surface area contributed by atoms with E-state index in [0.717, 1.165) is 37.8 Å². The molecule has 1 aromatic rings. The van der Waals surface area contributed by atoms with Crippen LogP contribution in [0.25, 0.3) is 0 Å². The third-order valence-corrected chi connectivity index (χ3v) is 5.40. The monoisotopic (exact) mass is 288 g/mol. The number of aromatic nitrogens is 2. The van der Waals surface area contributed by atoms with Crippen molar-refractivity contribution in [2.45, 2.75) is 58.9 Å². The van der Waals surface area contributed by atoms with Crippen LogP contribution in [0, 0.1) is 12.3 Å². The van der Waals surface area contributed by atoms with Crippen LogP contribution < -0.4 is 10.2 Å². The molecule has 1 saturated carbocycles. The van der Waals surface area contributed by atoms with Gasteiger partial charge in [-0.3, -0.25) is 0 Å². The van der Waals surface area contributed by atoms with Crippen molar-refractivity contribution in [3.63, 3.8) is 0 Å². The summed E-state index contributed by atoms with van der Waals surface area (Å²) in [5.74, 6) is 0.931. The van der Waals surface area contributed by atoms with Crippen LogP contribution >= 0.6 is 0 Å². The SMILES string of the molecule is CCNCc1cnc(N2CCC3(CCCC3)CC2)nc1C. The molecule has 1 spiro atoms. The third-order valence-electron chi connectivity index (χ3n) is 5.40. The summed E-state index contributed by atoms with van der Waals surface area (Å²) in [5, 5.41) is 3.34. The molecule has 1 aliphatic heterocycles. The molecule has 1 aliphatic carbocycles. The van der Waals surface area contributed by atoms with Crippen molar-refractivity contribution >= 4 is 5.95 Å². The summed E-state index contributed by atoms with van der Waals surface area (Å²) in [7, 11) is 0. The summed E-state index contributed by atoms with van der Waals surface area (Å²) in [5.41, 5.74) is 2.99. The Bertz CT molecular complexity index is 470. The van der Waals surface area contributed by atoms with Crippen molar-refractivity contribution in [3.8, 4) is 0 Å². The molecule has 0 amide bonds. The summed E-state index contributed by atoms with van der Waals surface area (Å²) < 4.78 is 0. The second-order valence-corrected chi connectivity index (χ2v) is 6.76. The Hall–Kier alpha value is -1.16. The van der Waals surface area contributed by atoms with Gasteiger partial charge < -0.3 is 10.2 Å². The van der Waals surface area contributed by atoms with E-state index in [4.69, 9.17) is 4.98 Å². The van der Waals surface area contributed by atoms with Crippen LogP contribution in [0.15, 0.2) is 6.20 Å². The molecule has 21 heavy (non-hydrogen) atoms. The van der Waals surface area contributed by atoms with Crippen LogP contribution in [0.4, 0.5) is 5.95 Å². The highest BCUT2D eigenvalue weighted by atomic mass is 15.3. The Labute approximate surface area is 128 Å². The van der Waals surface area contributed by atoms with Crippen LogP contribution in [-0.2, 0) is 6.54 Å².